The van der Waals surface area contributed by atoms with Gasteiger partial charge in [0, 0.05) is 18.9 Å². The molecular formula is C20H26F3N3O. The fraction of sp³-hybridized carbons (Fsp3) is 0.500. The van der Waals surface area contributed by atoms with Crippen LogP contribution < -0.4 is 9.64 Å². The monoisotopic (exact) mass is 381 g/mol. The smallest absolute Gasteiger partial charge is 0.423 e. The minimum Gasteiger partial charge on any atom is -0.477 e. The number of benzene rings is 1. The summed E-state index contributed by atoms with van der Waals surface area (Å²) in [5.74, 6) is -0.253. The van der Waals surface area contributed by atoms with Crippen molar-refractivity contribution in [1.82, 2.24) is 9.97 Å². The lowest BCUT2D eigenvalue weighted by molar-refractivity contribution is -0.139. The van der Waals surface area contributed by atoms with Crippen molar-refractivity contribution in [3.8, 4) is 5.88 Å². The van der Waals surface area contributed by atoms with Crippen LogP contribution in [0.4, 0.5) is 24.8 Å². The van der Waals surface area contributed by atoms with E-state index in [1.165, 1.54) is 5.56 Å². The molecule has 0 aliphatic rings. The Morgan fingerprint density at radius 1 is 1.04 bits per heavy atom. The summed E-state index contributed by atoms with van der Waals surface area (Å²) in [4.78, 5) is 9.59. The summed E-state index contributed by atoms with van der Waals surface area (Å²) in [6.45, 7) is 4.33. The van der Waals surface area contributed by atoms with Gasteiger partial charge < -0.3 is 9.64 Å². The highest BCUT2D eigenvalue weighted by Gasteiger charge is 2.36. The normalized spacial score (nSPS) is 11.5. The first-order valence-corrected chi connectivity index (χ1v) is 9.26. The molecule has 1 aromatic carbocycles. The van der Waals surface area contributed by atoms with Crippen LogP contribution in [0.5, 0.6) is 5.88 Å². The van der Waals surface area contributed by atoms with Crippen LogP contribution in [0, 0.1) is 0 Å². The molecule has 1 heterocycles. The van der Waals surface area contributed by atoms with Crippen molar-refractivity contribution in [2.45, 2.75) is 52.1 Å². The molecule has 1 aromatic heterocycles. The number of aromatic nitrogens is 2. The average Bonchev–Trinajstić information content (AvgIpc) is 2.66. The Bertz CT molecular complexity index is 717. The molecule has 0 bridgehead atoms. The third-order valence-electron chi connectivity index (χ3n) is 4.32. The largest absolute Gasteiger partial charge is 0.477 e. The second-order valence-corrected chi connectivity index (χ2v) is 6.37. The number of hydrogen-bond acceptors (Lipinski definition) is 4. The highest BCUT2D eigenvalue weighted by atomic mass is 19.4. The highest BCUT2D eigenvalue weighted by molar-refractivity contribution is 5.57. The van der Waals surface area contributed by atoms with Crippen molar-refractivity contribution in [3.05, 3.63) is 41.6 Å². The minimum absolute atomic E-state index is 0.163. The first-order valence-electron chi connectivity index (χ1n) is 9.26. The zero-order chi connectivity index (χ0) is 19.9. The molecule has 4 nitrogen and oxygen atoms in total. The topological polar surface area (TPSA) is 38.2 Å². The zero-order valence-corrected chi connectivity index (χ0v) is 16.0. The zero-order valence-electron chi connectivity index (χ0n) is 16.0. The molecule has 0 N–H and O–H groups in total. The van der Waals surface area contributed by atoms with E-state index in [1.807, 2.05) is 24.3 Å². The van der Waals surface area contributed by atoms with Crippen LogP contribution >= 0.6 is 0 Å². The van der Waals surface area contributed by atoms with E-state index >= 15 is 0 Å². The van der Waals surface area contributed by atoms with Gasteiger partial charge in [-0.05, 0) is 30.5 Å². The number of hydrogen-bond donors (Lipinski definition) is 0. The molecule has 0 aliphatic carbocycles. The van der Waals surface area contributed by atoms with Gasteiger partial charge in [0.2, 0.25) is 11.8 Å². The van der Waals surface area contributed by atoms with Crippen molar-refractivity contribution < 1.29 is 17.9 Å². The maximum atomic E-state index is 13.2. The van der Waals surface area contributed by atoms with Crippen molar-refractivity contribution >= 4 is 11.6 Å². The predicted octanol–water partition coefficient (Wildman–Crippen LogP) is 5.78. The molecule has 0 aliphatic heterocycles. The Kier molecular flexibility index (Phi) is 7.45. The Morgan fingerprint density at radius 2 is 1.74 bits per heavy atom. The van der Waals surface area contributed by atoms with E-state index < -0.39 is 17.6 Å². The SMILES string of the molecule is CCCCCCOc1nc(N(C)c2ccc(CC)cc2)ncc1C(F)(F)F. The second kappa shape index (κ2) is 9.58. The van der Waals surface area contributed by atoms with Crippen LogP contribution in [-0.2, 0) is 12.6 Å². The lowest BCUT2D eigenvalue weighted by atomic mass is 10.1. The fourth-order valence-corrected chi connectivity index (χ4v) is 2.59. The first-order chi connectivity index (χ1) is 12.9. The van der Waals surface area contributed by atoms with Crippen molar-refractivity contribution in [2.24, 2.45) is 0 Å². The number of anilines is 2. The van der Waals surface area contributed by atoms with Gasteiger partial charge in [-0.1, -0.05) is 45.2 Å². The summed E-state index contributed by atoms with van der Waals surface area (Å²) < 4.78 is 45.1. The van der Waals surface area contributed by atoms with Crippen molar-refractivity contribution in [2.75, 3.05) is 18.6 Å². The van der Waals surface area contributed by atoms with Crippen LogP contribution in [0.15, 0.2) is 30.5 Å². The van der Waals surface area contributed by atoms with Gasteiger partial charge in [-0.2, -0.15) is 18.2 Å². The van der Waals surface area contributed by atoms with Gasteiger partial charge >= 0.3 is 6.18 Å². The molecule has 0 amide bonds. The molecule has 0 spiro atoms. The molecule has 0 saturated heterocycles. The maximum Gasteiger partial charge on any atom is 0.423 e. The molecule has 148 valence electrons. The molecule has 2 rings (SSSR count). The van der Waals surface area contributed by atoms with E-state index in [1.54, 1.807) is 11.9 Å². The molecule has 7 heteroatoms. The fourth-order valence-electron chi connectivity index (χ4n) is 2.59. The van der Waals surface area contributed by atoms with Gasteiger partial charge in [-0.3, -0.25) is 0 Å². The van der Waals surface area contributed by atoms with E-state index in [-0.39, 0.29) is 12.6 Å². The third kappa shape index (κ3) is 5.84. The van der Waals surface area contributed by atoms with Crippen molar-refractivity contribution in [1.29, 1.82) is 0 Å². The van der Waals surface area contributed by atoms with Crippen LogP contribution in [0.25, 0.3) is 0 Å². The number of halogens is 3. The Balaban J connectivity index is 2.22. The number of rotatable bonds is 9. The number of aryl methyl sites for hydroxylation is 1. The number of ether oxygens (including phenoxy) is 1. The lowest BCUT2D eigenvalue weighted by Crippen LogP contribution is -2.17. The first kappa shape index (κ1) is 21.0. The van der Waals surface area contributed by atoms with Gasteiger partial charge in [-0.15, -0.1) is 0 Å². The average molecular weight is 381 g/mol. The third-order valence-corrected chi connectivity index (χ3v) is 4.32. The van der Waals surface area contributed by atoms with Gasteiger partial charge in [0.05, 0.1) is 6.61 Å². The quantitative estimate of drug-likeness (QED) is 0.516. The van der Waals surface area contributed by atoms with Crippen LogP contribution in [0.3, 0.4) is 0 Å². The molecule has 0 saturated carbocycles. The summed E-state index contributed by atoms with van der Waals surface area (Å²) in [5, 5.41) is 0. The van der Waals surface area contributed by atoms with E-state index in [4.69, 9.17) is 4.74 Å². The standard InChI is InChI=1S/C20H26F3N3O/c1-4-6-7-8-13-27-18-17(20(21,22)23)14-24-19(25-18)26(3)16-11-9-15(5-2)10-12-16/h9-12,14H,4-8,13H2,1-3H3. The highest BCUT2D eigenvalue weighted by Crippen LogP contribution is 2.36. The molecule has 0 unspecified atom stereocenters. The minimum atomic E-state index is -4.56. The summed E-state index contributed by atoms with van der Waals surface area (Å²) in [6.07, 6.45) is 0.836. The van der Waals surface area contributed by atoms with Crippen molar-refractivity contribution in [3.63, 3.8) is 0 Å². The maximum absolute atomic E-state index is 13.2. The molecule has 27 heavy (non-hydrogen) atoms. The number of nitrogens with zero attached hydrogens (tertiary/aromatic N) is 3. The summed E-state index contributed by atoms with van der Waals surface area (Å²) in [5.41, 5.74) is 1.02. The predicted molar refractivity (Wildman–Crippen MR) is 101 cm³/mol. The molecular weight excluding hydrogens is 355 g/mol. The lowest BCUT2D eigenvalue weighted by Gasteiger charge is -2.20. The van der Waals surface area contributed by atoms with E-state index in [0.717, 1.165) is 37.6 Å². The van der Waals surface area contributed by atoms with Gasteiger partial charge in [-0.25, -0.2) is 4.98 Å². The van der Waals surface area contributed by atoms with Crippen LogP contribution in [0.2, 0.25) is 0 Å². The number of alkyl halides is 3. The Labute approximate surface area is 158 Å². The molecule has 0 atom stereocenters. The summed E-state index contributed by atoms with van der Waals surface area (Å²) >= 11 is 0. The Morgan fingerprint density at radius 3 is 2.33 bits per heavy atom. The molecule has 0 radical (unpaired) electrons. The van der Waals surface area contributed by atoms with Gasteiger partial charge in [0.15, 0.2) is 0 Å². The second-order valence-electron chi connectivity index (χ2n) is 6.37. The van der Waals surface area contributed by atoms with Crippen LogP contribution in [0.1, 0.15) is 50.7 Å². The number of unbranched alkanes of at least 4 members (excludes halogenated alkanes) is 3. The summed E-state index contributed by atoms with van der Waals surface area (Å²) in [7, 11) is 1.72. The summed E-state index contributed by atoms with van der Waals surface area (Å²) in [6, 6.07) is 7.73. The van der Waals surface area contributed by atoms with E-state index in [0.29, 0.717) is 6.42 Å². The Hall–Kier alpha value is -2.31. The van der Waals surface area contributed by atoms with Gasteiger partial charge in [0.1, 0.15) is 5.56 Å². The molecule has 2 aromatic rings. The van der Waals surface area contributed by atoms with E-state index in [2.05, 4.69) is 23.8 Å². The van der Waals surface area contributed by atoms with Crippen LogP contribution in [-0.4, -0.2) is 23.6 Å². The van der Waals surface area contributed by atoms with E-state index in [9.17, 15) is 13.2 Å². The van der Waals surface area contributed by atoms with Gasteiger partial charge in [0.25, 0.3) is 0 Å². The molecule has 0 fully saturated rings.